The van der Waals surface area contributed by atoms with Gasteiger partial charge in [-0.1, -0.05) is 40.2 Å². The van der Waals surface area contributed by atoms with Gasteiger partial charge in [0.05, 0.1) is 6.04 Å². The molecule has 1 N–H and O–H groups in total. The van der Waals surface area contributed by atoms with Gasteiger partial charge in [-0.15, -0.1) is 0 Å². The smallest absolute Gasteiger partial charge is 0.129 e. The molecule has 0 aromatic heterocycles. The molecule has 0 aliphatic rings. The fourth-order valence-electron chi connectivity index (χ4n) is 2.36. The molecule has 0 amide bonds. The molecule has 0 fully saturated rings. The van der Waals surface area contributed by atoms with Gasteiger partial charge in [-0.25, -0.2) is 4.39 Å². The van der Waals surface area contributed by atoms with Crippen molar-refractivity contribution in [2.24, 2.45) is 0 Å². The lowest BCUT2D eigenvalue weighted by molar-refractivity contribution is 0.604. The summed E-state index contributed by atoms with van der Waals surface area (Å²) in [5.41, 5.74) is 3.61. The van der Waals surface area contributed by atoms with E-state index in [4.69, 9.17) is 0 Å². The quantitative estimate of drug-likeness (QED) is 0.876. The molecule has 1 atom stereocenters. The highest BCUT2D eigenvalue weighted by Gasteiger charge is 2.14. The molecule has 100 valence electrons. The molecule has 0 bridgehead atoms. The standard InChI is InChI=1S/C16H17BrFN/c1-10-7-13(8-11(2)15(10)18)16(19-3)12-5-4-6-14(17)9-12/h4-9,16,19H,1-3H3. The number of benzene rings is 2. The average Bonchev–Trinajstić information content (AvgIpc) is 2.37. The zero-order valence-corrected chi connectivity index (χ0v) is 12.9. The third kappa shape index (κ3) is 3.04. The van der Waals surface area contributed by atoms with Crippen molar-refractivity contribution in [1.82, 2.24) is 5.32 Å². The highest BCUT2D eigenvalue weighted by molar-refractivity contribution is 9.10. The second-order valence-corrected chi connectivity index (χ2v) is 5.66. The second-order valence-electron chi connectivity index (χ2n) is 4.75. The van der Waals surface area contributed by atoms with Crippen LogP contribution in [0.3, 0.4) is 0 Å². The van der Waals surface area contributed by atoms with Crippen LogP contribution in [0.5, 0.6) is 0 Å². The Kier molecular flexibility index (Phi) is 4.38. The van der Waals surface area contributed by atoms with Crippen molar-refractivity contribution in [1.29, 1.82) is 0 Å². The fourth-order valence-corrected chi connectivity index (χ4v) is 2.77. The van der Waals surface area contributed by atoms with Crippen LogP contribution in [0.4, 0.5) is 4.39 Å². The molecule has 0 spiro atoms. The Morgan fingerprint density at radius 2 is 1.68 bits per heavy atom. The first-order valence-corrected chi connectivity index (χ1v) is 7.01. The summed E-state index contributed by atoms with van der Waals surface area (Å²) in [5.74, 6) is -0.118. The van der Waals surface area contributed by atoms with Gasteiger partial charge in [0, 0.05) is 4.47 Å². The molecule has 2 rings (SSSR count). The molecule has 0 aliphatic heterocycles. The maximum Gasteiger partial charge on any atom is 0.129 e. The Morgan fingerprint density at radius 1 is 1.05 bits per heavy atom. The monoisotopic (exact) mass is 321 g/mol. The van der Waals surface area contributed by atoms with E-state index in [-0.39, 0.29) is 11.9 Å². The van der Waals surface area contributed by atoms with Crippen molar-refractivity contribution >= 4 is 15.9 Å². The molecule has 1 unspecified atom stereocenters. The zero-order valence-electron chi connectivity index (χ0n) is 11.3. The van der Waals surface area contributed by atoms with Gasteiger partial charge >= 0.3 is 0 Å². The maximum atomic E-state index is 13.7. The molecule has 19 heavy (non-hydrogen) atoms. The summed E-state index contributed by atoms with van der Waals surface area (Å²) < 4.78 is 14.8. The van der Waals surface area contributed by atoms with Crippen molar-refractivity contribution in [3.63, 3.8) is 0 Å². The molecule has 0 saturated carbocycles. The Labute approximate surface area is 122 Å². The van der Waals surface area contributed by atoms with Gasteiger partial charge < -0.3 is 5.32 Å². The van der Waals surface area contributed by atoms with Crippen molar-refractivity contribution in [2.75, 3.05) is 7.05 Å². The van der Waals surface area contributed by atoms with Crippen LogP contribution >= 0.6 is 15.9 Å². The Bertz CT molecular complexity index is 572. The zero-order chi connectivity index (χ0) is 14.0. The molecular weight excluding hydrogens is 305 g/mol. The van der Waals surface area contributed by atoms with Crippen LogP contribution < -0.4 is 5.32 Å². The number of halogens is 2. The van der Waals surface area contributed by atoms with E-state index in [1.165, 1.54) is 0 Å². The number of nitrogens with one attached hydrogen (secondary N) is 1. The molecule has 3 heteroatoms. The van der Waals surface area contributed by atoms with Crippen LogP contribution in [0.15, 0.2) is 40.9 Å². The molecular formula is C16H17BrFN. The van der Waals surface area contributed by atoms with Gasteiger partial charge in [0.15, 0.2) is 0 Å². The summed E-state index contributed by atoms with van der Waals surface area (Å²) in [6, 6.07) is 12.0. The van der Waals surface area contributed by atoms with Crippen molar-refractivity contribution in [3.8, 4) is 0 Å². The van der Waals surface area contributed by atoms with E-state index in [0.29, 0.717) is 11.1 Å². The van der Waals surface area contributed by atoms with Gasteiger partial charge in [0.2, 0.25) is 0 Å². The fraction of sp³-hybridized carbons (Fsp3) is 0.250. The van der Waals surface area contributed by atoms with Crippen LogP contribution in [-0.4, -0.2) is 7.05 Å². The first kappa shape index (κ1) is 14.2. The molecule has 2 aromatic carbocycles. The van der Waals surface area contributed by atoms with Crippen LogP contribution in [-0.2, 0) is 0 Å². The third-order valence-corrected chi connectivity index (χ3v) is 3.76. The van der Waals surface area contributed by atoms with Gasteiger partial charge in [-0.2, -0.15) is 0 Å². The lowest BCUT2D eigenvalue weighted by atomic mass is 9.95. The van der Waals surface area contributed by atoms with Crippen molar-refractivity contribution in [2.45, 2.75) is 19.9 Å². The van der Waals surface area contributed by atoms with E-state index in [0.717, 1.165) is 15.6 Å². The number of aryl methyl sites for hydroxylation is 2. The van der Waals surface area contributed by atoms with E-state index < -0.39 is 0 Å². The van der Waals surface area contributed by atoms with E-state index in [1.54, 1.807) is 13.8 Å². The van der Waals surface area contributed by atoms with Crippen molar-refractivity contribution in [3.05, 3.63) is 68.9 Å². The number of hydrogen-bond donors (Lipinski definition) is 1. The Balaban J connectivity index is 2.48. The number of rotatable bonds is 3. The molecule has 1 nitrogen and oxygen atoms in total. The summed E-state index contributed by atoms with van der Waals surface area (Å²) >= 11 is 3.48. The van der Waals surface area contributed by atoms with Crippen LogP contribution in [0, 0.1) is 19.7 Å². The molecule has 0 saturated heterocycles. The van der Waals surface area contributed by atoms with E-state index in [2.05, 4.69) is 33.4 Å². The Hall–Kier alpha value is -1.19. The molecule has 0 radical (unpaired) electrons. The Morgan fingerprint density at radius 3 is 2.21 bits per heavy atom. The summed E-state index contributed by atoms with van der Waals surface area (Å²) in [6.07, 6.45) is 0. The first-order valence-electron chi connectivity index (χ1n) is 6.22. The van der Waals surface area contributed by atoms with E-state index >= 15 is 0 Å². The lowest BCUT2D eigenvalue weighted by Gasteiger charge is -2.19. The highest BCUT2D eigenvalue weighted by Crippen LogP contribution is 2.27. The normalized spacial score (nSPS) is 12.5. The van der Waals surface area contributed by atoms with Gasteiger partial charge in [0.25, 0.3) is 0 Å². The number of hydrogen-bond acceptors (Lipinski definition) is 1. The summed E-state index contributed by atoms with van der Waals surface area (Å²) in [6.45, 7) is 3.61. The average molecular weight is 322 g/mol. The SMILES string of the molecule is CNC(c1cccc(Br)c1)c1cc(C)c(F)c(C)c1. The van der Waals surface area contributed by atoms with Crippen LogP contribution in [0.25, 0.3) is 0 Å². The second kappa shape index (κ2) is 5.85. The van der Waals surface area contributed by atoms with Crippen LogP contribution in [0.2, 0.25) is 0 Å². The van der Waals surface area contributed by atoms with Gasteiger partial charge in [-0.3, -0.25) is 0 Å². The topological polar surface area (TPSA) is 12.0 Å². The highest BCUT2D eigenvalue weighted by atomic mass is 79.9. The minimum atomic E-state index is -0.118. The van der Waals surface area contributed by atoms with E-state index in [1.807, 2.05) is 31.3 Å². The lowest BCUT2D eigenvalue weighted by Crippen LogP contribution is -2.18. The predicted molar refractivity (Wildman–Crippen MR) is 80.9 cm³/mol. The molecule has 0 heterocycles. The third-order valence-electron chi connectivity index (χ3n) is 3.26. The maximum absolute atomic E-state index is 13.7. The summed E-state index contributed by atoms with van der Waals surface area (Å²) in [4.78, 5) is 0. The predicted octanol–water partition coefficient (Wildman–Crippen LogP) is 4.51. The van der Waals surface area contributed by atoms with Crippen LogP contribution in [0.1, 0.15) is 28.3 Å². The largest absolute Gasteiger partial charge is 0.309 e. The molecule has 0 aliphatic carbocycles. The van der Waals surface area contributed by atoms with Gasteiger partial charge in [0.1, 0.15) is 5.82 Å². The summed E-state index contributed by atoms with van der Waals surface area (Å²) in [5, 5.41) is 3.29. The van der Waals surface area contributed by atoms with Crippen molar-refractivity contribution < 1.29 is 4.39 Å². The summed E-state index contributed by atoms with van der Waals surface area (Å²) in [7, 11) is 1.92. The van der Waals surface area contributed by atoms with Gasteiger partial charge in [-0.05, 0) is 55.3 Å². The van der Waals surface area contributed by atoms with E-state index in [9.17, 15) is 4.39 Å². The minimum Gasteiger partial charge on any atom is -0.309 e. The minimum absolute atomic E-state index is 0.0653. The molecule has 2 aromatic rings. The first-order chi connectivity index (χ1) is 9.02.